The van der Waals surface area contributed by atoms with Crippen molar-refractivity contribution in [1.29, 1.82) is 0 Å². The van der Waals surface area contributed by atoms with Crippen molar-refractivity contribution >= 4 is 55.7 Å². The minimum Gasteiger partial charge on any atom is -0.465 e. The molecule has 10 nitrogen and oxygen atoms in total. The Hall–Kier alpha value is -4.12. The lowest BCUT2D eigenvalue weighted by molar-refractivity contribution is -0.383. The summed E-state index contributed by atoms with van der Waals surface area (Å²) in [5.41, 5.74) is 1.97. The highest BCUT2D eigenvalue weighted by Crippen LogP contribution is 2.36. The van der Waals surface area contributed by atoms with Gasteiger partial charge in [-0.15, -0.1) is 0 Å². The predicted octanol–water partition coefficient (Wildman–Crippen LogP) is 4.58. The number of hydrogen-bond donors (Lipinski definition) is 2. The Balaban J connectivity index is 1.73. The van der Waals surface area contributed by atoms with Crippen molar-refractivity contribution in [2.45, 2.75) is 6.92 Å². The van der Waals surface area contributed by atoms with E-state index in [4.69, 9.17) is 4.74 Å². The van der Waals surface area contributed by atoms with E-state index in [9.17, 15) is 14.9 Å². The molecule has 0 amide bonds. The van der Waals surface area contributed by atoms with Gasteiger partial charge in [-0.25, -0.2) is 19.7 Å². The summed E-state index contributed by atoms with van der Waals surface area (Å²) in [4.78, 5) is 35.8. The summed E-state index contributed by atoms with van der Waals surface area (Å²) in [6.45, 7) is 1.94. The number of thiazole rings is 1. The zero-order valence-corrected chi connectivity index (χ0v) is 17.3. The van der Waals surface area contributed by atoms with E-state index in [0.717, 1.165) is 15.8 Å². The van der Waals surface area contributed by atoms with Crippen molar-refractivity contribution < 1.29 is 14.5 Å². The third-order valence-corrected chi connectivity index (χ3v) is 5.37. The van der Waals surface area contributed by atoms with Gasteiger partial charge in [0.05, 0.1) is 33.5 Å². The first-order valence-corrected chi connectivity index (χ1v) is 9.86. The molecule has 31 heavy (non-hydrogen) atoms. The van der Waals surface area contributed by atoms with E-state index in [1.165, 1.54) is 24.8 Å². The number of benzene rings is 2. The fraction of sp³-hybridized carbons (Fsp3) is 0.100. The molecule has 4 aromatic rings. The SMILES string of the molecule is COC(=O)c1ccccc1Nc1ncnc(Nc2nc3c(C)cccc3s2)c1[N+](=O)[O-]. The van der Waals surface area contributed by atoms with Crippen LogP contribution in [-0.4, -0.2) is 33.0 Å². The Morgan fingerprint density at radius 3 is 2.55 bits per heavy atom. The second kappa shape index (κ2) is 8.32. The highest BCUT2D eigenvalue weighted by molar-refractivity contribution is 7.22. The highest BCUT2D eigenvalue weighted by Gasteiger charge is 2.25. The maximum Gasteiger partial charge on any atom is 0.353 e. The molecule has 0 radical (unpaired) electrons. The molecule has 0 aliphatic rings. The van der Waals surface area contributed by atoms with Gasteiger partial charge in [0, 0.05) is 0 Å². The summed E-state index contributed by atoms with van der Waals surface area (Å²) in [5.74, 6) is -0.672. The molecule has 2 heterocycles. The van der Waals surface area contributed by atoms with E-state index in [1.54, 1.807) is 24.3 Å². The number of ether oxygens (including phenoxy) is 1. The molecule has 2 aromatic heterocycles. The molecule has 2 aromatic carbocycles. The van der Waals surface area contributed by atoms with E-state index in [1.807, 2.05) is 25.1 Å². The van der Waals surface area contributed by atoms with E-state index in [0.29, 0.717) is 10.8 Å². The Bertz CT molecular complexity index is 1310. The average Bonchev–Trinajstić information content (AvgIpc) is 3.17. The summed E-state index contributed by atoms with van der Waals surface area (Å²) >= 11 is 1.36. The first kappa shape index (κ1) is 20.2. The molecule has 156 valence electrons. The van der Waals surface area contributed by atoms with Crippen molar-refractivity contribution in [3.63, 3.8) is 0 Å². The van der Waals surface area contributed by atoms with Gasteiger partial charge in [-0.1, -0.05) is 35.6 Å². The number of anilines is 4. The number of carbonyl (C=O) groups excluding carboxylic acids is 1. The minimum absolute atomic E-state index is 0.0187. The van der Waals surface area contributed by atoms with Gasteiger partial charge in [-0.2, -0.15) is 0 Å². The van der Waals surface area contributed by atoms with Crippen molar-refractivity contribution in [1.82, 2.24) is 15.0 Å². The van der Waals surface area contributed by atoms with Gasteiger partial charge in [0.1, 0.15) is 6.33 Å². The summed E-state index contributed by atoms with van der Waals surface area (Å²) in [7, 11) is 1.26. The van der Waals surface area contributed by atoms with Crippen LogP contribution in [-0.2, 0) is 4.74 Å². The van der Waals surface area contributed by atoms with Crippen LogP contribution < -0.4 is 10.6 Å². The number of hydrogen-bond acceptors (Lipinski definition) is 10. The largest absolute Gasteiger partial charge is 0.465 e. The maximum atomic E-state index is 12.0. The van der Waals surface area contributed by atoms with E-state index in [-0.39, 0.29) is 22.9 Å². The van der Waals surface area contributed by atoms with Gasteiger partial charge < -0.3 is 15.4 Å². The number of fused-ring (bicyclic) bond motifs is 1. The summed E-state index contributed by atoms with van der Waals surface area (Å²) in [6.07, 6.45) is 1.19. The molecule has 0 saturated heterocycles. The number of nitrogens with zero attached hydrogens (tertiary/aromatic N) is 4. The van der Waals surface area contributed by atoms with Crippen molar-refractivity contribution in [3.8, 4) is 0 Å². The Morgan fingerprint density at radius 2 is 1.84 bits per heavy atom. The van der Waals surface area contributed by atoms with E-state index in [2.05, 4.69) is 25.6 Å². The number of carbonyl (C=O) groups is 1. The summed E-state index contributed by atoms with van der Waals surface area (Å²) in [6, 6.07) is 12.3. The lowest BCUT2D eigenvalue weighted by Crippen LogP contribution is -2.09. The van der Waals surface area contributed by atoms with Crippen LogP contribution in [0, 0.1) is 17.0 Å². The summed E-state index contributed by atoms with van der Waals surface area (Å²) < 4.78 is 5.72. The first-order chi connectivity index (χ1) is 15.0. The second-order valence-electron chi connectivity index (χ2n) is 6.40. The third kappa shape index (κ3) is 3.98. The predicted molar refractivity (Wildman–Crippen MR) is 117 cm³/mol. The standard InChI is InChI=1S/C20H16N6O4S/c1-11-6-5-9-14-15(11)24-20(31-14)25-18-16(26(28)29)17(21-10-22-18)23-13-8-4-3-7-12(13)19(27)30-2/h3-10H,1-2H3,(H2,21,22,23,24,25). The minimum atomic E-state index is -0.593. The molecule has 0 unspecified atom stereocenters. The van der Waals surface area contributed by atoms with E-state index >= 15 is 0 Å². The zero-order chi connectivity index (χ0) is 22.0. The van der Waals surface area contributed by atoms with Crippen LogP contribution in [0.25, 0.3) is 10.2 Å². The van der Waals surface area contributed by atoms with E-state index < -0.39 is 10.9 Å². The number of rotatable bonds is 6. The third-order valence-electron chi connectivity index (χ3n) is 4.44. The molecule has 0 fully saturated rings. The maximum absolute atomic E-state index is 12.0. The van der Waals surface area contributed by atoms with Gasteiger partial charge in [0.15, 0.2) is 5.13 Å². The zero-order valence-electron chi connectivity index (χ0n) is 16.4. The molecule has 11 heteroatoms. The molecule has 0 saturated carbocycles. The number of esters is 1. The molecular weight excluding hydrogens is 420 g/mol. The molecule has 0 aliphatic carbocycles. The van der Waals surface area contributed by atoms with Gasteiger partial charge >= 0.3 is 11.7 Å². The lowest BCUT2D eigenvalue weighted by atomic mass is 10.2. The molecular formula is C20H16N6O4S. The number of aryl methyl sites for hydroxylation is 1. The number of nitro groups is 1. The molecule has 4 rings (SSSR count). The monoisotopic (exact) mass is 436 g/mol. The topological polar surface area (TPSA) is 132 Å². The molecule has 0 bridgehead atoms. The van der Waals surface area contributed by atoms with Gasteiger partial charge in [-0.3, -0.25) is 10.1 Å². The van der Waals surface area contributed by atoms with Crippen LogP contribution in [0.4, 0.5) is 28.1 Å². The fourth-order valence-corrected chi connectivity index (χ4v) is 3.93. The van der Waals surface area contributed by atoms with Crippen LogP contribution in [0.5, 0.6) is 0 Å². The molecule has 0 atom stereocenters. The smallest absolute Gasteiger partial charge is 0.353 e. The van der Waals surface area contributed by atoms with Gasteiger partial charge in [0.25, 0.3) is 0 Å². The van der Waals surface area contributed by atoms with Crippen molar-refractivity contribution in [3.05, 3.63) is 70.0 Å². The average molecular weight is 436 g/mol. The quantitative estimate of drug-likeness (QED) is 0.253. The number of methoxy groups -OCH3 is 1. The van der Waals surface area contributed by atoms with Crippen LogP contribution in [0.15, 0.2) is 48.8 Å². The summed E-state index contributed by atoms with van der Waals surface area (Å²) in [5, 5.41) is 18.1. The van der Waals surface area contributed by atoms with Crippen LogP contribution >= 0.6 is 11.3 Å². The van der Waals surface area contributed by atoms with Crippen LogP contribution in [0.1, 0.15) is 15.9 Å². The second-order valence-corrected chi connectivity index (χ2v) is 7.44. The van der Waals surface area contributed by atoms with Crippen LogP contribution in [0.3, 0.4) is 0 Å². The highest BCUT2D eigenvalue weighted by atomic mass is 32.1. The van der Waals surface area contributed by atoms with Crippen LogP contribution in [0.2, 0.25) is 0 Å². The van der Waals surface area contributed by atoms with Crippen molar-refractivity contribution in [2.24, 2.45) is 0 Å². The first-order valence-electron chi connectivity index (χ1n) is 9.05. The Labute approximate surface area is 180 Å². The molecule has 0 aliphatic heterocycles. The molecule has 2 N–H and O–H groups in total. The Kier molecular flexibility index (Phi) is 5.41. The normalized spacial score (nSPS) is 10.6. The molecule has 0 spiro atoms. The number of para-hydroxylation sites is 2. The Morgan fingerprint density at radius 1 is 1.10 bits per heavy atom. The number of nitrogens with one attached hydrogen (secondary N) is 2. The van der Waals surface area contributed by atoms with Gasteiger partial charge in [0.2, 0.25) is 11.6 Å². The number of aromatic nitrogens is 3. The van der Waals surface area contributed by atoms with Crippen molar-refractivity contribution in [2.75, 3.05) is 17.7 Å². The lowest BCUT2D eigenvalue weighted by Gasteiger charge is -2.11. The van der Waals surface area contributed by atoms with Gasteiger partial charge in [-0.05, 0) is 30.7 Å². The fourth-order valence-electron chi connectivity index (χ4n) is 2.98.